The zero-order chi connectivity index (χ0) is 13.5. The van der Waals surface area contributed by atoms with Gasteiger partial charge in [-0.05, 0) is 6.07 Å². The van der Waals surface area contributed by atoms with Gasteiger partial charge in [0.05, 0.1) is 16.6 Å². The Morgan fingerprint density at radius 2 is 1.95 bits per heavy atom. The molecule has 96 valence electrons. The number of fused-ring (bicyclic) bond motifs is 3. The summed E-state index contributed by atoms with van der Waals surface area (Å²) >= 11 is 0. The van der Waals surface area contributed by atoms with E-state index in [-0.39, 0.29) is 5.56 Å². The van der Waals surface area contributed by atoms with Gasteiger partial charge in [0.1, 0.15) is 0 Å². The van der Waals surface area contributed by atoms with E-state index in [9.17, 15) is 4.79 Å². The molecule has 0 fully saturated rings. The first-order valence-corrected chi connectivity index (χ1v) is 6.24. The van der Waals surface area contributed by atoms with Crippen molar-refractivity contribution in [2.75, 3.05) is 0 Å². The van der Waals surface area contributed by atoms with Crippen LogP contribution in [0.3, 0.4) is 0 Å². The lowest BCUT2D eigenvalue weighted by Crippen LogP contribution is -2.07. The molecule has 0 aliphatic carbocycles. The van der Waals surface area contributed by atoms with Crippen LogP contribution < -0.4 is 5.56 Å². The Kier molecular flexibility index (Phi) is 2.20. The predicted molar refractivity (Wildman–Crippen MR) is 76.5 cm³/mol. The molecule has 0 spiro atoms. The summed E-state index contributed by atoms with van der Waals surface area (Å²) in [7, 11) is 0. The van der Waals surface area contributed by atoms with Crippen LogP contribution in [-0.2, 0) is 0 Å². The number of nitrogens with zero attached hydrogens (tertiary/aromatic N) is 3. The number of pyridine rings is 1. The highest BCUT2D eigenvalue weighted by atomic mass is 16.1. The van der Waals surface area contributed by atoms with E-state index in [2.05, 4.69) is 15.1 Å². The fourth-order valence-electron chi connectivity index (χ4n) is 2.31. The molecule has 5 heteroatoms. The molecule has 0 atom stereocenters. The summed E-state index contributed by atoms with van der Waals surface area (Å²) in [5.41, 5.74) is 3.18. The first kappa shape index (κ1) is 10.9. The van der Waals surface area contributed by atoms with Crippen LogP contribution in [0.1, 0.15) is 0 Å². The summed E-state index contributed by atoms with van der Waals surface area (Å²) in [6, 6.07) is 13.6. The van der Waals surface area contributed by atoms with Crippen LogP contribution in [-0.4, -0.2) is 19.6 Å². The Morgan fingerprint density at radius 3 is 2.80 bits per heavy atom. The van der Waals surface area contributed by atoms with Crippen molar-refractivity contribution in [3.8, 4) is 11.3 Å². The van der Waals surface area contributed by atoms with E-state index in [0.29, 0.717) is 5.39 Å². The molecule has 0 radical (unpaired) electrons. The number of aromatic nitrogens is 4. The Bertz CT molecular complexity index is 969. The lowest BCUT2D eigenvalue weighted by Gasteiger charge is -1.98. The lowest BCUT2D eigenvalue weighted by atomic mass is 10.2. The molecule has 0 saturated heterocycles. The van der Waals surface area contributed by atoms with Crippen LogP contribution in [0.25, 0.3) is 27.8 Å². The fourth-order valence-corrected chi connectivity index (χ4v) is 2.31. The molecule has 0 aliphatic rings. The lowest BCUT2D eigenvalue weighted by molar-refractivity contribution is 0.983. The van der Waals surface area contributed by atoms with Crippen molar-refractivity contribution in [1.82, 2.24) is 19.6 Å². The van der Waals surface area contributed by atoms with E-state index >= 15 is 0 Å². The summed E-state index contributed by atoms with van der Waals surface area (Å²) in [5, 5.41) is 5.08. The molecule has 0 bridgehead atoms. The van der Waals surface area contributed by atoms with Crippen molar-refractivity contribution in [2.24, 2.45) is 0 Å². The quantitative estimate of drug-likeness (QED) is 0.572. The number of H-pyrrole nitrogens is 1. The van der Waals surface area contributed by atoms with Crippen LogP contribution in [0, 0.1) is 0 Å². The molecule has 3 heterocycles. The molecule has 1 N–H and O–H groups in total. The van der Waals surface area contributed by atoms with Gasteiger partial charge in [0.15, 0.2) is 5.65 Å². The molecule has 1 aromatic carbocycles. The minimum Gasteiger partial charge on any atom is -0.328 e. The normalized spacial score (nSPS) is 11.2. The van der Waals surface area contributed by atoms with Gasteiger partial charge in [0.25, 0.3) is 5.56 Å². The molecule has 0 unspecified atom stereocenters. The maximum absolute atomic E-state index is 11.8. The van der Waals surface area contributed by atoms with E-state index in [1.54, 1.807) is 16.9 Å². The molecule has 3 aromatic heterocycles. The van der Waals surface area contributed by atoms with Crippen molar-refractivity contribution < 1.29 is 0 Å². The molecule has 4 rings (SSSR count). The Labute approximate surface area is 113 Å². The topological polar surface area (TPSA) is 63.0 Å². The molecule has 20 heavy (non-hydrogen) atoms. The standard InChI is InChI=1S/C15H10N4O/c20-15-11-9-17-14-8-12(10-4-2-1-3-5-10)18-19(14)13(11)6-7-16-15/h1-9H,(H,16,20). The van der Waals surface area contributed by atoms with Gasteiger partial charge in [-0.25, -0.2) is 9.50 Å². The highest BCUT2D eigenvalue weighted by molar-refractivity contribution is 5.80. The molecule has 0 amide bonds. The summed E-state index contributed by atoms with van der Waals surface area (Å²) in [6.45, 7) is 0. The minimum atomic E-state index is -0.159. The summed E-state index contributed by atoms with van der Waals surface area (Å²) in [4.78, 5) is 18.7. The van der Waals surface area contributed by atoms with Gasteiger partial charge in [-0.3, -0.25) is 4.79 Å². The van der Waals surface area contributed by atoms with Crippen LogP contribution in [0.2, 0.25) is 0 Å². The highest BCUT2D eigenvalue weighted by Crippen LogP contribution is 2.20. The highest BCUT2D eigenvalue weighted by Gasteiger charge is 2.09. The second-order valence-corrected chi connectivity index (χ2v) is 4.53. The van der Waals surface area contributed by atoms with Crippen molar-refractivity contribution in [3.63, 3.8) is 0 Å². The maximum atomic E-state index is 11.8. The molecule has 4 aromatic rings. The van der Waals surface area contributed by atoms with Gasteiger partial charge in [0.2, 0.25) is 0 Å². The predicted octanol–water partition coefficient (Wildman–Crippen LogP) is 2.24. The number of hydrogen-bond donors (Lipinski definition) is 1. The molecule has 0 aliphatic heterocycles. The second-order valence-electron chi connectivity index (χ2n) is 4.53. The van der Waals surface area contributed by atoms with Crippen molar-refractivity contribution in [1.29, 1.82) is 0 Å². The Morgan fingerprint density at radius 1 is 1.10 bits per heavy atom. The SMILES string of the molecule is O=c1[nH]ccc2c1cnc1cc(-c3ccccc3)nn12. The van der Waals surface area contributed by atoms with E-state index in [1.165, 1.54) is 0 Å². The largest absolute Gasteiger partial charge is 0.328 e. The molecular formula is C15H10N4O. The molecule has 5 nitrogen and oxygen atoms in total. The summed E-state index contributed by atoms with van der Waals surface area (Å²) in [6.07, 6.45) is 3.20. The fraction of sp³-hybridized carbons (Fsp3) is 0. The Hall–Kier alpha value is -2.95. The average molecular weight is 262 g/mol. The van der Waals surface area contributed by atoms with E-state index in [1.807, 2.05) is 42.5 Å². The third kappa shape index (κ3) is 1.53. The third-order valence-electron chi connectivity index (χ3n) is 3.29. The number of benzene rings is 1. The van der Waals surface area contributed by atoms with Crippen LogP contribution in [0.5, 0.6) is 0 Å². The van der Waals surface area contributed by atoms with Gasteiger partial charge < -0.3 is 4.98 Å². The zero-order valence-electron chi connectivity index (χ0n) is 10.4. The molecule has 0 saturated carbocycles. The van der Waals surface area contributed by atoms with Gasteiger partial charge in [-0.2, -0.15) is 5.10 Å². The van der Waals surface area contributed by atoms with Crippen molar-refractivity contribution >= 4 is 16.6 Å². The van der Waals surface area contributed by atoms with E-state index in [0.717, 1.165) is 22.4 Å². The van der Waals surface area contributed by atoms with E-state index in [4.69, 9.17) is 0 Å². The van der Waals surface area contributed by atoms with Gasteiger partial charge in [-0.15, -0.1) is 0 Å². The van der Waals surface area contributed by atoms with Crippen LogP contribution in [0.4, 0.5) is 0 Å². The third-order valence-corrected chi connectivity index (χ3v) is 3.29. The average Bonchev–Trinajstić information content (AvgIpc) is 2.93. The van der Waals surface area contributed by atoms with Gasteiger partial charge in [0, 0.05) is 24.0 Å². The maximum Gasteiger partial charge on any atom is 0.258 e. The van der Waals surface area contributed by atoms with Crippen LogP contribution >= 0.6 is 0 Å². The van der Waals surface area contributed by atoms with Crippen molar-refractivity contribution in [3.05, 3.63) is 65.2 Å². The van der Waals surface area contributed by atoms with E-state index < -0.39 is 0 Å². The van der Waals surface area contributed by atoms with Crippen molar-refractivity contribution in [2.45, 2.75) is 0 Å². The summed E-state index contributed by atoms with van der Waals surface area (Å²) < 4.78 is 1.70. The number of nitrogens with one attached hydrogen (secondary N) is 1. The summed E-state index contributed by atoms with van der Waals surface area (Å²) in [5.74, 6) is 0. The number of aromatic amines is 1. The second kappa shape index (κ2) is 4.03. The first-order chi connectivity index (χ1) is 9.83. The Balaban J connectivity index is 2.07. The molecular weight excluding hydrogens is 252 g/mol. The smallest absolute Gasteiger partial charge is 0.258 e. The number of rotatable bonds is 1. The minimum absolute atomic E-state index is 0.159. The number of hydrogen-bond acceptors (Lipinski definition) is 3. The van der Waals surface area contributed by atoms with Gasteiger partial charge >= 0.3 is 0 Å². The van der Waals surface area contributed by atoms with Gasteiger partial charge in [-0.1, -0.05) is 30.3 Å². The van der Waals surface area contributed by atoms with Crippen LogP contribution in [0.15, 0.2) is 59.7 Å². The monoisotopic (exact) mass is 262 g/mol. The zero-order valence-corrected chi connectivity index (χ0v) is 10.4. The first-order valence-electron chi connectivity index (χ1n) is 6.24.